The van der Waals surface area contributed by atoms with Crippen LogP contribution in [0.1, 0.15) is 31.6 Å². The van der Waals surface area contributed by atoms with Crippen LogP contribution in [-0.4, -0.2) is 9.55 Å². The lowest BCUT2D eigenvalue weighted by molar-refractivity contribution is 0.426. The van der Waals surface area contributed by atoms with E-state index in [1.165, 1.54) is 18.7 Å². The monoisotopic (exact) mass is 136 g/mol. The van der Waals surface area contributed by atoms with Gasteiger partial charge in [0.15, 0.2) is 0 Å². The minimum absolute atomic E-state index is 0.672. The van der Waals surface area contributed by atoms with E-state index in [1.807, 2.05) is 6.20 Å². The first-order valence-corrected chi connectivity index (χ1v) is 3.89. The minimum atomic E-state index is 0.672. The summed E-state index contributed by atoms with van der Waals surface area (Å²) in [7, 11) is 0. The molecule has 1 aromatic heterocycles. The first-order chi connectivity index (χ1) is 4.88. The Morgan fingerprint density at radius 2 is 2.60 bits per heavy atom. The van der Waals surface area contributed by atoms with Crippen LogP contribution in [0.4, 0.5) is 0 Å². The summed E-state index contributed by atoms with van der Waals surface area (Å²) >= 11 is 0. The van der Waals surface area contributed by atoms with E-state index in [0.717, 1.165) is 6.42 Å². The van der Waals surface area contributed by atoms with E-state index in [9.17, 15) is 0 Å². The average molecular weight is 136 g/mol. The van der Waals surface area contributed by atoms with Crippen LogP contribution in [0.3, 0.4) is 0 Å². The van der Waals surface area contributed by atoms with Gasteiger partial charge in [-0.15, -0.1) is 0 Å². The third-order valence-corrected chi connectivity index (χ3v) is 2.25. The Bertz CT molecular complexity index is 227. The van der Waals surface area contributed by atoms with Crippen LogP contribution in [0.15, 0.2) is 12.4 Å². The molecular formula is C8H12N2. The Morgan fingerprint density at radius 1 is 1.70 bits per heavy atom. The summed E-state index contributed by atoms with van der Waals surface area (Å²) in [6, 6.07) is 0.672. The molecule has 0 radical (unpaired) electrons. The highest BCUT2D eigenvalue weighted by molar-refractivity contribution is 4.97. The maximum atomic E-state index is 4.27. The number of imidazole rings is 1. The minimum Gasteiger partial charge on any atom is -0.332 e. The standard InChI is InChI=1S/C8H12N2/c1-7-3-2-4-8-9-5-6-10(7)8/h5-7H,2-4H2,1H3. The molecule has 0 N–H and O–H groups in total. The van der Waals surface area contributed by atoms with Crippen molar-refractivity contribution in [1.82, 2.24) is 9.55 Å². The molecule has 1 atom stereocenters. The number of hydrogen-bond acceptors (Lipinski definition) is 1. The van der Waals surface area contributed by atoms with Gasteiger partial charge in [0.05, 0.1) is 0 Å². The van der Waals surface area contributed by atoms with Crippen molar-refractivity contribution >= 4 is 0 Å². The second-order valence-corrected chi connectivity index (χ2v) is 2.99. The van der Waals surface area contributed by atoms with Gasteiger partial charge in [-0.3, -0.25) is 0 Å². The summed E-state index contributed by atoms with van der Waals surface area (Å²) in [5.41, 5.74) is 0. The van der Waals surface area contributed by atoms with E-state index in [-0.39, 0.29) is 0 Å². The molecule has 10 heavy (non-hydrogen) atoms. The third kappa shape index (κ3) is 0.753. The Balaban J connectivity index is 2.41. The van der Waals surface area contributed by atoms with Crippen LogP contribution in [0.2, 0.25) is 0 Å². The molecule has 0 aliphatic carbocycles. The van der Waals surface area contributed by atoms with Gasteiger partial charge in [0.25, 0.3) is 0 Å². The quantitative estimate of drug-likeness (QED) is 0.531. The summed E-state index contributed by atoms with van der Waals surface area (Å²) in [5, 5.41) is 0. The van der Waals surface area contributed by atoms with Crippen molar-refractivity contribution < 1.29 is 0 Å². The van der Waals surface area contributed by atoms with E-state index >= 15 is 0 Å². The zero-order chi connectivity index (χ0) is 6.97. The summed E-state index contributed by atoms with van der Waals surface area (Å²) in [5.74, 6) is 1.26. The van der Waals surface area contributed by atoms with Crippen molar-refractivity contribution in [1.29, 1.82) is 0 Å². The molecule has 54 valence electrons. The first kappa shape index (κ1) is 5.96. The molecule has 0 fully saturated rings. The predicted molar refractivity (Wildman–Crippen MR) is 39.9 cm³/mol. The lowest BCUT2D eigenvalue weighted by Crippen LogP contribution is -2.14. The SMILES string of the molecule is CC1CCCc2nccn21. The molecule has 0 saturated carbocycles. The first-order valence-electron chi connectivity index (χ1n) is 3.89. The molecule has 0 saturated heterocycles. The third-order valence-electron chi connectivity index (χ3n) is 2.25. The highest BCUT2D eigenvalue weighted by atomic mass is 15.1. The van der Waals surface area contributed by atoms with Crippen LogP contribution in [0.25, 0.3) is 0 Å². The second kappa shape index (κ2) is 2.11. The molecule has 2 nitrogen and oxygen atoms in total. The molecule has 2 rings (SSSR count). The zero-order valence-electron chi connectivity index (χ0n) is 6.25. The molecule has 0 spiro atoms. The topological polar surface area (TPSA) is 17.8 Å². The molecule has 2 heteroatoms. The Labute approximate surface area is 60.9 Å². The Morgan fingerprint density at radius 3 is 3.40 bits per heavy atom. The number of nitrogens with zero attached hydrogens (tertiary/aromatic N) is 2. The van der Waals surface area contributed by atoms with Gasteiger partial charge < -0.3 is 4.57 Å². The predicted octanol–water partition coefficient (Wildman–Crippen LogP) is 1.78. The smallest absolute Gasteiger partial charge is 0.108 e. The van der Waals surface area contributed by atoms with Crippen LogP contribution in [-0.2, 0) is 6.42 Å². The molecular weight excluding hydrogens is 124 g/mol. The molecule has 0 aromatic carbocycles. The summed E-state index contributed by atoms with van der Waals surface area (Å²) in [6.07, 6.45) is 7.76. The van der Waals surface area contributed by atoms with Gasteiger partial charge in [-0.1, -0.05) is 0 Å². The molecule has 1 aliphatic rings. The van der Waals surface area contributed by atoms with Gasteiger partial charge in [-0.05, 0) is 19.8 Å². The van der Waals surface area contributed by atoms with Crippen molar-refractivity contribution in [3.05, 3.63) is 18.2 Å². The van der Waals surface area contributed by atoms with Gasteiger partial charge >= 0.3 is 0 Å². The molecule has 2 heterocycles. The maximum absolute atomic E-state index is 4.27. The van der Waals surface area contributed by atoms with Crippen molar-refractivity contribution in [2.75, 3.05) is 0 Å². The number of aryl methyl sites for hydroxylation is 1. The van der Waals surface area contributed by atoms with E-state index in [2.05, 4.69) is 22.7 Å². The Hall–Kier alpha value is -0.790. The Kier molecular flexibility index (Phi) is 1.26. The highest BCUT2D eigenvalue weighted by Crippen LogP contribution is 2.22. The van der Waals surface area contributed by atoms with Crippen molar-refractivity contribution in [3.63, 3.8) is 0 Å². The van der Waals surface area contributed by atoms with Crippen LogP contribution < -0.4 is 0 Å². The molecule has 1 aliphatic heterocycles. The van der Waals surface area contributed by atoms with Gasteiger partial charge in [0.1, 0.15) is 5.82 Å². The fourth-order valence-corrected chi connectivity index (χ4v) is 1.63. The van der Waals surface area contributed by atoms with Crippen molar-refractivity contribution in [2.24, 2.45) is 0 Å². The maximum Gasteiger partial charge on any atom is 0.108 e. The molecule has 1 aromatic rings. The van der Waals surface area contributed by atoms with Gasteiger partial charge in [0, 0.05) is 24.9 Å². The fraction of sp³-hybridized carbons (Fsp3) is 0.625. The second-order valence-electron chi connectivity index (χ2n) is 2.99. The molecule has 1 unspecified atom stereocenters. The zero-order valence-corrected chi connectivity index (χ0v) is 6.25. The van der Waals surface area contributed by atoms with E-state index < -0.39 is 0 Å². The van der Waals surface area contributed by atoms with Crippen LogP contribution in [0.5, 0.6) is 0 Å². The van der Waals surface area contributed by atoms with Gasteiger partial charge in [0.2, 0.25) is 0 Å². The van der Waals surface area contributed by atoms with Crippen molar-refractivity contribution in [2.45, 2.75) is 32.2 Å². The number of fused-ring (bicyclic) bond motifs is 1. The lowest BCUT2D eigenvalue weighted by Gasteiger charge is -2.20. The fourth-order valence-electron chi connectivity index (χ4n) is 1.63. The average Bonchev–Trinajstić information content (AvgIpc) is 2.36. The molecule has 0 amide bonds. The summed E-state index contributed by atoms with van der Waals surface area (Å²) < 4.78 is 2.28. The van der Waals surface area contributed by atoms with Gasteiger partial charge in [-0.2, -0.15) is 0 Å². The number of hydrogen-bond donors (Lipinski definition) is 0. The highest BCUT2D eigenvalue weighted by Gasteiger charge is 2.14. The van der Waals surface area contributed by atoms with E-state index in [1.54, 1.807) is 0 Å². The van der Waals surface area contributed by atoms with Crippen LogP contribution in [0, 0.1) is 0 Å². The summed E-state index contributed by atoms with van der Waals surface area (Å²) in [6.45, 7) is 2.25. The van der Waals surface area contributed by atoms with Gasteiger partial charge in [-0.25, -0.2) is 4.98 Å². The lowest BCUT2D eigenvalue weighted by atomic mass is 10.1. The van der Waals surface area contributed by atoms with E-state index in [4.69, 9.17) is 0 Å². The van der Waals surface area contributed by atoms with Crippen molar-refractivity contribution in [3.8, 4) is 0 Å². The summed E-state index contributed by atoms with van der Waals surface area (Å²) in [4.78, 5) is 4.27. The largest absolute Gasteiger partial charge is 0.332 e. The molecule has 0 bridgehead atoms. The van der Waals surface area contributed by atoms with Crippen LogP contribution >= 0.6 is 0 Å². The number of rotatable bonds is 0. The van der Waals surface area contributed by atoms with E-state index in [0.29, 0.717) is 6.04 Å². The number of aromatic nitrogens is 2. The normalized spacial score (nSPS) is 24.3.